The third-order valence-electron chi connectivity index (χ3n) is 4.19. The van der Waals surface area contributed by atoms with Gasteiger partial charge in [-0.05, 0) is 37.1 Å². The Morgan fingerprint density at radius 2 is 2.18 bits per heavy atom. The SMILES string of the molecule is CNC(=O)c1ccc(CN2CCCCC2c2ncn[nH]2)cc1. The summed E-state index contributed by atoms with van der Waals surface area (Å²) < 4.78 is 0. The van der Waals surface area contributed by atoms with Crippen LogP contribution in [-0.4, -0.2) is 39.6 Å². The second-order valence-electron chi connectivity index (χ2n) is 5.63. The Labute approximate surface area is 129 Å². The predicted octanol–water partition coefficient (Wildman–Crippen LogP) is 1.89. The van der Waals surface area contributed by atoms with E-state index < -0.39 is 0 Å². The van der Waals surface area contributed by atoms with E-state index in [2.05, 4.69) is 25.4 Å². The Bertz CT molecular complexity index is 608. The largest absolute Gasteiger partial charge is 0.355 e. The molecule has 0 radical (unpaired) electrons. The van der Waals surface area contributed by atoms with Crippen molar-refractivity contribution in [3.05, 3.63) is 47.5 Å². The monoisotopic (exact) mass is 299 g/mol. The average molecular weight is 299 g/mol. The van der Waals surface area contributed by atoms with Gasteiger partial charge in [-0.25, -0.2) is 4.98 Å². The molecule has 2 aromatic rings. The molecule has 1 aromatic carbocycles. The maximum absolute atomic E-state index is 11.6. The van der Waals surface area contributed by atoms with E-state index in [0.717, 1.165) is 25.3 Å². The third kappa shape index (κ3) is 3.17. The number of H-pyrrole nitrogens is 1. The fourth-order valence-corrected chi connectivity index (χ4v) is 3.01. The molecule has 2 heterocycles. The number of carbonyl (C=O) groups is 1. The highest BCUT2D eigenvalue weighted by atomic mass is 16.1. The summed E-state index contributed by atoms with van der Waals surface area (Å²) in [6.45, 7) is 1.92. The van der Waals surface area contributed by atoms with E-state index in [1.165, 1.54) is 18.4 Å². The van der Waals surface area contributed by atoms with Gasteiger partial charge in [0.1, 0.15) is 12.2 Å². The molecule has 6 nitrogen and oxygen atoms in total. The zero-order chi connectivity index (χ0) is 15.4. The highest BCUT2D eigenvalue weighted by molar-refractivity contribution is 5.93. The van der Waals surface area contributed by atoms with Crippen LogP contribution in [0.15, 0.2) is 30.6 Å². The summed E-state index contributed by atoms with van der Waals surface area (Å²) in [4.78, 5) is 18.3. The van der Waals surface area contributed by atoms with Gasteiger partial charge in [0.2, 0.25) is 0 Å². The highest BCUT2D eigenvalue weighted by Crippen LogP contribution is 2.29. The molecule has 3 rings (SSSR count). The van der Waals surface area contributed by atoms with Gasteiger partial charge in [-0.3, -0.25) is 14.8 Å². The second kappa shape index (κ2) is 6.70. The van der Waals surface area contributed by atoms with E-state index in [1.54, 1.807) is 13.4 Å². The molecule has 1 fully saturated rings. The Morgan fingerprint density at radius 1 is 1.36 bits per heavy atom. The van der Waals surface area contributed by atoms with Crippen LogP contribution in [0.5, 0.6) is 0 Å². The number of aromatic nitrogens is 3. The predicted molar refractivity (Wildman–Crippen MR) is 83.2 cm³/mol. The number of benzene rings is 1. The van der Waals surface area contributed by atoms with Gasteiger partial charge in [-0.1, -0.05) is 18.6 Å². The minimum absolute atomic E-state index is 0.0518. The van der Waals surface area contributed by atoms with Crippen molar-refractivity contribution in [2.75, 3.05) is 13.6 Å². The molecule has 1 unspecified atom stereocenters. The maximum atomic E-state index is 11.6. The molecule has 2 N–H and O–H groups in total. The lowest BCUT2D eigenvalue weighted by Gasteiger charge is -2.34. The van der Waals surface area contributed by atoms with Gasteiger partial charge in [0.25, 0.3) is 5.91 Å². The van der Waals surface area contributed by atoms with Crippen molar-refractivity contribution < 1.29 is 4.79 Å². The van der Waals surface area contributed by atoms with Gasteiger partial charge in [0, 0.05) is 19.2 Å². The first kappa shape index (κ1) is 14.7. The van der Waals surface area contributed by atoms with Crippen molar-refractivity contribution in [3.8, 4) is 0 Å². The molecule has 1 atom stereocenters. The number of carbonyl (C=O) groups excluding carboxylic acids is 1. The van der Waals surface area contributed by atoms with E-state index in [-0.39, 0.29) is 5.91 Å². The summed E-state index contributed by atoms with van der Waals surface area (Å²) in [7, 11) is 1.64. The Balaban J connectivity index is 1.71. The summed E-state index contributed by atoms with van der Waals surface area (Å²) in [5, 5.41) is 9.61. The number of hydrogen-bond donors (Lipinski definition) is 2. The summed E-state index contributed by atoms with van der Waals surface area (Å²) in [6, 6.07) is 8.10. The highest BCUT2D eigenvalue weighted by Gasteiger charge is 2.26. The molecule has 0 saturated carbocycles. The van der Waals surface area contributed by atoms with Crippen LogP contribution in [-0.2, 0) is 6.54 Å². The first-order chi connectivity index (χ1) is 10.8. The van der Waals surface area contributed by atoms with Crippen molar-refractivity contribution in [1.82, 2.24) is 25.4 Å². The number of nitrogens with zero attached hydrogens (tertiary/aromatic N) is 3. The summed E-state index contributed by atoms with van der Waals surface area (Å²) in [5.74, 6) is 0.894. The molecule has 1 aromatic heterocycles. The molecule has 1 amide bonds. The van der Waals surface area contributed by atoms with Crippen LogP contribution in [0.4, 0.5) is 0 Å². The van der Waals surface area contributed by atoms with Crippen LogP contribution in [0.3, 0.4) is 0 Å². The van der Waals surface area contributed by atoms with Gasteiger partial charge >= 0.3 is 0 Å². The second-order valence-corrected chi connectivity index (χ2v) is 5.63. The van der Waals surface area contributed by atoms with Crippen molar-refractivity contribution in [1.29, 1.82) is 0 Å². The standard InChI is InChI=1S/C16H21N5O/c1-17-16(22)13-7-5-12(6-8-13)10-21-9-3-2-4-14(21)15-18-11-19-20-15/h5-8,11,14H,2-4,9-10H2,1H3,(H,17,22)(H,18,19,20). The molecule has 6 heteroatoms. The van der Waals surface area contributed by atoms with Gasteiger partial charge in [0.05, 0.1) is 6.04 Å². The number of amides is 1. The van der Waals surface area contributed by atoms with Crippen LogP contribution < -0.4 is 5.32 Å². The van der Waals surface area contributed by atoms with E-state index in [4.69, 9.17) is 0 Å². The van der Waals surface area contributed by atoms with Crippen LogP contribution in [0.25, 0.3) is 0 Å². The summed E-state index contributed by atoms with van der Waals surface area (Å²) in [6.07, 6.45) is 5.10. The van der Waals surface area contributed by atoms with Crippen LogP contribution in [0.2, 0.25) is 0 Å². The first-order valence-electron chi connectivity index (χ1n) is 7.68. The molecule has 0 bridgehead atoms. The minimum Gasteiger partial charge on any atom is -0.355 e. The number of nitrogens with one attached hydrogen (secondary N) is 2. The Morgan fingerprint density at radius 3 is 2.86 bits per heavy atom. The summed E-state index contributed by atoms with van der Waals surface area (Å²) in [5.41, 5.74) is 1.90. The molecule has 1 saturated heterocycles. The van der Waals surface area contributed by atoms with Crippen molar-refractivity contribution in [2.24, 2.45) is 0 Å². The number of piperidine rings is 1. The van der Waals surface area contributed by atoms with Crippen LogP contribution in [0.1, 0.15) is 47.1 Å². The van der Waals surface area contributed by atoms with Crippen molar-refractivity contribution >= 4 is 5.91 Å². The number of aromatic amines is 1. The van der Waals surface area contributed by atoms with Gasteiger partial charge in [0.15, 0.2) is 0 Å². The average Bonchev–Trinajstić information content (AvgIpc) is 3.10. The molecule has 116 valence electrons. The van der Waals surface area contributed by atoms with E-state index in [1.807, 2.05) is 24.3 Å². The zero-order valence-electron chi connectivity index (χ0n) is 12.7. The summed E-state index contributed by atoms with van der Waals surface area (Å²) >= 11 is 0. The molecule has 1 aliphatic rings. The zero-order valence-corrected chi connectivity index (χ0v) is 12.7. The van der Waals surface area contributed by atoms with Gasteiger partial charge in [-0.15, -0.1) is 0 Å². The minimum atomic E-state index is -0.0518. The van der Waals surface area contributed by atoms with E-state index >= 15 is 0 Å². The number of hydrogen-bond acceptors (Lipinski definition) is 4. The normalized spacial score (nSPS) is 19.0. The van der Waals surface area contributed by atoms with Crippen molar-refractivity contribution in [3.63, 3.8) is 0 Å². The lowest BCUT2D eigenvalue weighted by atomic mass is 10.0. The topological polar surface area (TPSA) is 73.9 Å². The Kier molecular flexibility index (Phi) is 4.48. The van der Waals surface area contributed by atoms with Gasteiger partial charge < -0.3 is 5.32 Å². The smallest absolute Gasteiger partial charge is 0.251 e. The molecule has 0 spiro atoms. The van der Waals surface area contributed by atoms with Crippen LogP contribution in [0, 0.1) is 0 Å². The molecular formula is C16H21N5O. The quantitative estimate of drug-likeness (QED) is 0.904. The van der Waals surface area contributed by atoms with Crippen LogP contribution >= 0.6 is 0 Å². The van der Waals surface area contributed by atoms with E-state index in [9.17, 15) is 4.79 Å². The third-order valence-corrected chi connectivity index (χ3v) is 4.19. The first-order valence-corrected chi connectivity index (χ1v) is 7.68. The molecule has 0 aliphatic carbocycles. The number of rotatable bonds is 4. The van der Waals surface area contributed by atoms with Crippen molar-refractivity contribution in [2.45, 2.75) is 31.8 Å². The molecule has 22 heavy (non-hydrogen) atoms. The maximum Gasteiger partial charge on any atom is 0.251 e. The molecule has 1 aliphatic heterocycles. The van der Waals surface area contributed by atoms with Gasteiger partial charge in [-0.2, -0.15) is 5.10 Å². The number of likely N-dealkylation sites (tertiary alicyclic amines) is 1. The molecular weight excluding hydrogens is 278 g/mol. The fourth-order valence-electron chi connectivity index (χ4n) is 3.01. The lowest BCUT2D eigenvalue weighted by molar-refractivity contribution is 0.0963. The fraction of sp³-hybridized carbons (Fsp3) is 0.438. The Hall–Kier alpha value is -2.21. The lowest BCUT2D eigenvalue weighted by Crippen LogP contribution is -2.33. The van der Waals surface area contributed by atoms with E-state index in [0.29, 0.717) is 11.6 Å².